The van der Waals surface area contributed by atoms with Crippen LogP contribution in [0.5, 0.6) is 0 Å². The Morgan fingerprint density at radius 2 is 1.67 bits per heavy atom. The number of hydrogen-bond acceptors (Lipinski definition) is 2. The smallest absolute Gasteiger partial charge is 0.238 e. The fraction of sp³-hybridized carbons (Fsp3) is 0.200. The number of carbonyl (C=O) groups excluding carboxylic acids is 2. The molecule has 0 bridgehead atoms. The highest BCUT2D eigenvalue weighted by Crippen LogP contribution is 2.48. The van der Waals surface area contributed by atoms with Crippen molar-refractivity contribution < 1.29 is 9.59 Å². The first-order chi connectivity index (χ1) is 11.5. The van der Waals surface area contributed by atoms with E-state index >= 15 is 0 Å². The topological polar surface area (TPSA) is 46.2 Å². The molecule has 2 aromatic rings. The maximum atomic E-state index is 12.5. The van der Waals surface area contributed by atoms with Gasteiger partial charge in [-0.1, -0.05) is 47.5 Å². The molecule has 4 heteroatoms. The van der Waals surface area contributed by atoms with Gasteiger partial charge in [-0.2, -0.15) is 0 Å². The van der Waals surface area contributed by atoms with E-state index in [9.17, 15) is 9.59 Å². The minimum atomic E-state index is -0.916. The molecule has 0 aliphatic heterocycles. The molecule has 0 spiro atoms. The minimum Gasteiger partial charge on any atom is -0.325 e. The number of ketones is 1. The molecule has 2 aromatic carbocycles. The fourth-order valence-electron chi connectivity index (χ4n) is 2.50. The van der Waals surface area contributed by atoms with Crippen molar-refractivity contribution in [2.45, 2.75) is 19.8 Å². The predicted molar refractivity (Wildman–Crippen MR) is 97.0 cm³/mol. The van der Waals surface area contributed by atoms with Gasteiger partial charge in [0.15, 0.2) is 5.78 Å². The molecule has 1 N–H and O–H groups in total. The second-order valence-corrected chi connectivity index (χ2v) is 6.59. The molecule has 0 saturated heterocycles. The third-order valence-electron chi connectivity index (χ3n) is 4.26. The summed E-state index contributed by atoms with van der Waals surface area (Å²) in [5.41, 5.74) is 1.84. The van der Waals surface area contributed by atoms with Crippen LogP contribution < -0.4 is 5.32 Å². The van der Waals surface area contributed by atoms with Crippen LogP contribution in [-0.4, -0.2) is 11.7 Å². The summed E-state index contributed by atoms with van der Waals surface area (Å²) in [7, 11) is 0. The van der Waals surface area contributed by atoms with Gasteiger partial charge in [-0.05, 0) is 55.7 Å². The van der Waals surface area contributed by atoms with E-state index in [0.717, 1.165) is 5.56 Å². The van der Waals surface area contributed by atoms with Crippen molar-refractivity contribution in [1.82, 2.24) is 0 Å². The van der Waals surface area contributed by atoms with E-state index < -0.39 is 5.41 Å². The van der Waals surface area contributed by atoms with Gasteiger partial charge in [-0.25, -0.2) is 0 Å². The van der Waals surface area contributed by atoms with Crippen LogP contribution >= 0.6 is 11.6 Å². The molecular weight excluding hydrogens is 322 g/mol. The van der Waals surface area contributed by atoms with Crippen molar-refractivity contribution in [3.05, 3.63) is 70.8 Å². The lowest BCUT2D eigenvalue weighted by molar-refractivity contribution is -0.130. The standard InChI is InChI=1S/C20H18ClNO2/c1-14-2-4-15(5-3-14)6-11-18(23)20(12-13-20)19(24)22-17-9-7-16(21)8-10-17/h2-11H,12-13H2,1H3,(H,22,24)/b11-6+. The molecule has 3 nitrogen and oxygen atoms in total. The second-order valence-electron chi connectivity index (χ2n) is 6.15. The Balaban J connectivity index is 1.68. The lowest BCUT2D eigenvalue weighted by Crippen LogP contribution is -2.30. The van der Waals surface area contributed by atoms with Crippen LogP contribution in [0.25, 0.3) is 6.08 Å². The predicted octanol–water partition coefficient (Wildman–Crippen LogP) is 4.65. The molecule has 0 atom stereocenters. The summed E-state index contributed by atoms with van der Waals surface area (Å²) < 4.78 is 0. The molecule has 1 saturated carbocycles. The number of benzene rings is 2. The van der Waals surface area contributed by atoms with Gasteiger partial charge in [-0.15, -0.1) is 0 Å². The zero-order valence-corrected chi connectivity index (χ0v) is 14.1. The van der Waals surface area contributed by atoms with Gasteiger partial charge >= 0.3 is 0 Å². The van der Waals surface area contributed by atoms with E-state index in [0.29, 0.717) is 23.6 Å². The number of carbonyl (C=O) groups is 2. The molecule has 0 unspecified atom stereocenters. The van der Waals surface area contributed by atoms with Crippen LogP contribution in [0.4, 0.5) is 5.69 Å². The van der Waals surface area contributed by atoms with Crippen molar-refractivity contribution in [3.63, 3.8) is 0 Å². The van der Waals surface area contributed by atoms with Crippen molar-refractivity contribution in [3.8, 4) is 0 Å². The second kappa shape index (κ2) is 6.62. The average molecular weight is 340 g/mol. The molecule has 0 heterocycles. The average Bonchev–Trinajstić information content (AvgIpc) is 3.38. The molecule has 1 aliphatic rings. The van der Waals surface area contributed by atoms with Gasteiger partial charge in [0.1, 0.15) is 5.41 Å². The van der Waals surface area contributed by atoms with Gasteiger partial charge in [0.2, 0.25) is 5.91 Å². The Hall–Kier alpha value is -2.39. The number of rotatable bonds is 5. The van der Waals surface area contributed by atoms with Crippen LogP contribution in [0.2, 0.25) is 5.02 Å². The number of allylic oxidation sites excluding steroid dienone is 1. The van der Waals surface area contributed by atoms with E-state index in [1.165, 1.54) is 11.6 Å². The Morgan fingerprint density at radius 1 is 1.04 bits per heavy atom. The van der Waals surface area contributed by atoms with Gasteiger partial charge in [0.25, 0.3) is 0 Å². The lowest BCUT2D eigenvalue weighted by Gasteiger charge is -2.12. The first-order valence-electron chi connectivity index (χ1n) is 7.86. The molecular formula is C20H18ClNO2. The largest absolute Gasteiger partial charge is 0.325 e. The Bertz CT molecular complexity index is 787. The lowest BCUT2D eigenvalue weighted by atomic mass is 9.98. The summed E-state index contributed by atoms with van der Waals surface area (Å²) in [5.74, 6) is -0.391. The van der Waals surface area contributed by atoms with E-state index in [2.05, 4.69) is 5.32 Å². The molecule has 0 aromatic heterocycles. The highest BCUT2D eigenvalue weighted by atomic mass is 35.5. The zero-order chi connectivity index (χ0) is 17.2. The number of halogens is 1. The number of hydrogen-bond donors (Lipinski definition) is 1. The number of amides is 1. The molecule has 3 rings (SSSR count). The summed E-state index contributed by atoms with van der Waals surface area (Å²) in [6, 6.07) is 14.7. The first kappa shape index (κ1) is 16.5. The summed E-state index contributed by atoms with van der Waals surface area (Å²) in [6.45, 7) is 2.01. The fourth-order valence-corrected chi connectivity index (χ4v) is 2.63. The maximum Gasteiger partial charge on any atom is 0.238 e. The van der Waals surface area contributed by atoms with Crippen LogP contribution in [0.3, 0.4) is 0 Å². The molecule has 1 amide bonds. The number of anilines is 1. The molecule has 1 aliphatic carbocycles. The molecule has 1 fully saturated rings. The SMILES string of the molecule is Cc1ccc(/C=C/C(=O)C2(C(=O)Nc3ccc(Cl)cc3)CC2)cc1. The highest BCUT2D eigenvalue weighted by molar-refractivity contribution is 6.30. The van der Waals surface area contributed by atoms with Crippen molar-refractivity contribution in [2.75, 3.05) is 5.32 Å². The third-order valence-corrected chi connectivity index (χ3v) is 4.51. The highest BCUT2D eigenvalue weighted by Gasteiger charge is 2.55. The summed E-state index contributed by atoms with van der Waals surface area (Å²) in [4.78, 5) is 25.0. The Kier molecular flexibility index (Phi) is 4.54. The molecule has 24 heavy (non-hydrogen) atoms. The summed E-state index contributed by atoms with van der Waals surface area (Å²) >= 11 is 5.83. The van der Waals surface area contributed by atoms with Crippen molar-refractivity contribution >= 4 is 35.1 Å². The number of nitrogens with one attached hydrogen (secondary N) is 1. The van der Waals surface area contributed by atoms with E-state index in [1.54, 1.807) is 30.3 Å². The Morgan fingerprint density at radius 3 is 2.25 bits per heavy atom. The minimum absolute atomic E-state index is 0.144. The van der Waals surface area contributed by atoms with Gasteiger partial charge in [0.05, 0.1) is 0 Å². The maximum absolute atomic E-state index is 12.5. The first-order valence-corrected chi connectivity index (χ1v) is 8.24. The molecule has 122 valence electrons. The van der Waals surface area contributed by atoms with Crippen LogP contribution in [0.15, 0.2) is 54.6 Å². The van der Waals surface area contributed by atoms with Crippen molar-refractivity contribution in [2.24, 2.45) is 5.41 Å². The van der Waals surface area contributed by atoms with E-state index in [1.807, 2.05) is 31.2 Å². The molecule has 0 radical (unpaired) electrons. The monoisotopic (exact) mass is 339 g/mol. The normalized spacial score (nSPS) is 15.2. The summed E-state index contributed by atoms with van der Waals surface area (Å²) in [5, 5.41) is 3.41. The van der Waals surface area contributed by atoms with E-state index in [-0.39, 0.29) is 11.7 Å². The van der Waals surface area contributed by atoms with Gasteiger partial charge in [0, 0.05) is 10.7 Å². The van der Waals surface area contributed by atoms with Gasteiger partial charge < -0.3 is 5.32 Å². The quantitative estimate of drug-likeness (QED) is 0.636. The summed E-state index contributed by atoms with van der Waals surface area (Å²) in [6.07, 6.45) is 4.45. The van der Waals surface area contributed by atoms with Gasteiger partial charge in [-0.3, -0.25) is 9.59 Å². The van der Waals surface area contributed by atoms with Crippen molar-refractivity contribution in [1.29, 1.82) is 0 Å². The third kappa shape index (κ3) is 3.57. The van der Waals surface area contributed by atoms with Crippen LogP contribution in [-0.2, 0) is 9.59 Å². The van der Waals surface area contributed by atoms with Crippen LogP contribution in [0.1, 0.15) is 24.0 Å². The van der Waals surface area contributed by atoms with E-state index in [4.69, 9.17) is 11.6 Å². The zero-order valence-electron chi connectivity index (χ0n) is 13.4. The number of aryl methyl sites for hydroxylation is 1. The van der Waals surface area contributed by atoms with Crippen LogP contribution in [0, 0.1) is 12.3 Å². The Labute approximate surface area is 146 Å².